The average molecular weight is 317 g/mol. The molecule has 1 aliphatic rings. The van der Waals surface area contributed by atoms with Crippen LogP contribution in [0.4, 0.5) is 0 Å². The number of carbonyl (C=O) groups excluding carboxylic acids is 1. The van der Waals surface area contributed by atoms with Crippen LogP contribution < -0.4 is 5.32 Å². The van der Waals surface area contributed by atoms with Crippen LogP contribution in [0.1, 0.15) is 40.5 Å². The van der Waals surface area contributed by atoms with Crippen molar-refractivity contribution in [2.45, 2.75) is 25.8 Å². The van der Waals surface area contributed by atoms with Crippen LogP contribution in [0.2, 0.25) is 5.02 Å². The van der Waals surface area contributed by atoms with Crippen LogP contribution in [0.5, 0.6) is 5.75 Å². The summed E-state index contributed by atoms with van der Waals surface area (Å²) in [5.41, 5.74) is 2.44. The van der Waals surface area contributed by atoms with Crippen molar-refractivity contribution in [3.8, 4) is 5.75 Å². The summed E-state index contributed by atoms with van der Waals surface area (Å²) < 4.78 is 0. The van der Waals surface area contributed by atoms with Gasteiger partial charge in [-0.05, 0) is 61.6 Å². The van der Waals surface area contributed by atoms with Gasteiger partial charge in [0.15, 0.2) is 0 Å². The summed E-state index contributed by atoms with van der Waals surface area (Å²) in [5.74, 6) is 0.199. The van der Waals surface area contributed by atoms with Crippen molar-refractivity contribution in [1.29, 1.82) is 0 Å². The number of phenolic OH excluding ortho intramolecular Hbond substituents is 1. The fourth-order valence-corrected chi connectivity index (χ4v) is 2.65. The standard InChI is InChI=1S/C17H17ClN2O2/c1-10-6-7-19-14(8-10)16(11-2-3-11)20-17(22)12-4-5-15(21)13(18)9-12/h4-9,11,16,21H,2-3H2,1H3,(H,20,22). The molecule has 1 aromatic heterocycles. The van der Waals surface area contributed by atoms with E-state index >= 15 is 0 Å². The molecule has 1 atom stereocenters. The molecule has 1 aromatic carbocycles. The predicted octanol–water partition coefficient (Wildman–Crippen LogP) is 3.63. The number of aryl methyl sites for hydroxylation is 1. The van der Waals surface area contributed by atoms with Crippen molar-refractivity contribution in [3.05, 3.63) is 58.4 Å². The Labute approximate surface area is 134 Å². The number of amides is 1. The highest BCUT2D eigenvalue weighted by Gasteiger charge is 2.34. The minimum absolute atomic E-state index is 0.0303. The number of aromatic hydroxyl groups is 1. The van der Waals surface area contributed by atoms with Gasteiger partial charge in [0.1, 0.15) is 5.75 Å². The van der Waals surface area contributed by atoms with Gasteiger partial charge in [0.05, 0.1) is 16.8 Å². The fourth-order valence-electron chi connectivity index (χ4n) is 2.47. The van der Waals surface area contributed by atoms with E-state index in [4.69, 9.17) is 11.6 Å². The molecule has 5 heteroatoms. The molecule has 1 heterocycles. The summed E-state index contributed by atoms with van der Waals surface area (Å²) in [7, 11) is 0. The highest BCUT2D eigenvalue weighted by atomic mass is 35.5. The normalized spacial score (nSPS) is 15.4. The molecule has 4 nitrogen and oxygen atoms in total. The number of hydrogen-bond donors (Lipinski definition) is 2. The van der Waals surface area contributed by atoms with Gasteiger partial charge in [-0.2, -0.15) is 0 Å². The van der Waals surface area contributed by atoms with E-state index in [0.717, 1.165) is 24.1 Å². The number of aromatic nitrogens is 1. The van der Waals surface area contributed by atoms with E-state index in [1.807, 2.05) is 19.1 Å². The van der Waals surface area contributed by atoms with Crippen molar-refractivity contribution in [2.24, 2.45) is 5.92 Å². The fraction of sp³-hybridized carbons (Fsp3) is 0.294. The minimum atomic E-state index is -0.206. The van der Waals surface area contributed by atoms with Gasteiger partial charge in [0.25, 0.3) is 5.91 Å². The number of nitrogens with zero attached hydrogens (tertiary/aromatic N) is 1. The first-order valence-electron chi connectivity index (χ1n) is 7.26. The van der Waals surface area contributed by atoms with E-state index in [9.17, 15) is 9.90 Å². The second-order valence-corrected chi connectivity index (χ2v) is 6.12. The van der Waals surface area contributed by atoms with Crippen LogP contribution in [-0.2, 0) is 0 Å². The summed E-state index contributed by atoms with van der Waals surface area (Å²) in [6, 6.07) is 8.32. The Morgan fingerprint density at radius 3 is 2.77 bits per heavy atom. The lowest BCUT2D eigenvalue weighted by molar-refractivity contribution is 0.0930. The third kappa shape index (κ3) is 3.22. The van der Waals surface area contributed by atoms with E-state index in [2.05, 4.69) is 10.3 Å². The zero-order valence-electron chi connectivity index (χ0n) is 12.2. The Morgan fingerprint density at radius 2 is 2.14 bits per heavy atom. The zero-order valence-corrected chi connectivity index (χ0v) is 13.0. The lowest BCUT2D eigenvalue weighted by atomic mass is 10.1. The van der Waals surface area contributed by atoms with Gasteiger partial charge in [-0.3, -0.25) is 9.78 Å². The van der Waals surface area contributed by atoms with Crippen molar-refractivity contribution < 1.29 is 9.90 Å². The van der Waals surface area contributed by atoms with E-state index < -0.39 is 0 Å². The molecule has 2 N–H and O–H groups in total. The number of hydrogen-bond acceptors (Lipinski definition) is 3. The van der Waals surface area contributed by atoms with E-state index in [-0.39, 0.29) is 22.7 Å². The molecule has 1 aliphatic carbocycles. The summed E-state index contributed by atoms with van der Waals surface area (Å²) in [6.45, 7) is 2.01. The SMILES string of the molecule is Cc1ccnc(C(NC(=O)c2ccc(O)c(Cl)c2)C2CC2)c1. The second kappa shape index (κ2) is 5.97. The van der Waals surface area contributed by atoms with Crippen molar-refractivity contribution >= 4 is 17.5 Å². The Hall–Kier alpha value is -2.07. The molecule has 2 aromatic rings. The number of benzene rings is 1. The van der Waals surface area contributed by atoms with Gasteiger partial charge in [-0.25, -0.2) is 0 Å². The third-order valence-corrected chi connectivity index (χ3v) is 4.15. The molecular formula is C17H17ClN2O2. The van der Waals surface area contributed by atoms with Crippen LogP contribution in [0.25, 0.3) is 0 Å². The molecule has 1 unspecified atom stereocenters. The van der Waals surface area contributed by atoms with Gasteiger partial charge >= 0.3 is 0 Å². The molecule has 0 radical (unpaired) electrons. The first-order valence-corrected chi connectivity index (χ1v) is 7.64. The molecule has 22 heavy (non-hydrogen) atoms. The van der Waals surface area contributed by atoms with Crippen LogP contribution in [0, 0.1) is 12.8 Å². The van der Waals surface area contributed by atoms with E-state index in [0.29, 0.717) is 11.5 Å². The maximum Gasteiger partial charge on any atom is 0.251 e. The van der Waals surface area contributed by atoms with Crippen molar-refractivity contribution in [2.75, 3.05) is 0 Å². The minimum Gasteiger partial charge on any atom is -0.506 e. The number of halogens is 1. The zero-order chi connectivity index (χ0) is 15.7. The first kappa shape index (κ1) is 14.9. The number of nitrogens with one attached hydrogen (secondary N) is 1. The molecule has 3 rings (SSSR count). The average Bonchev–Trinajstić information content (AvgIpc) is 3.32. The second-order valence-electron chi connectivity index (χ2n) is 5.71. The monoisotopic (exact) mass is 316 g/mol. The van der Waals surface area contributed by atoms with Gasteiger partial charge in [0, 0.05) is 11.8 Å². The Bertz CT molecular complexity index is 714. The molecule has 0 bridgehead atoms. The smallest absolute Gasteiger partial charge is 0.251 e. The van der Waals surface area contributed by atoms with Crippen LogP contribution >= 0.6 is 11.6 Å². The van der Waals surface area contributed by atoms with Crippen molar-refractivity contribution in [1.82, 2.24) is 10.3 Å². The Morgan fingerprint density at radius 1 is 1.36 bits per heavy atom. The summed E-state index contributed by atoms with van der Waals surface area (Å²) in [5, 5.41) is 12.7. The Kier molecular flexibility index (Phi) is 4.03. The lowest BCUT2D eigenvalue weighted by Gasteiger charge is -2.18. The molecule has 1 amide bonds. The van der Waals surface area contributed by atoms with Crippen LogP contribution in [-0.4, -0.2) is 16.0 Å². The quantitative estimate of drug-likeness (QED) is 0.905. The molecule has 1 saturated carbocycles. The highest BCUT2D eigenvalue weighted by Crippen LogP contribution is 2.40. The summed E-state index contributed by atoms with van der Waals surface area (Å²) in [4.78, 5) is 16.8. The highest BCUT2D eigenvalue weighted by molar-refractivity contribution is 6.32. The third-order valence-electron chi connectivity index (χ3n) is 3.85. The van der Waals surface area contributed by atoms with Gasteiger partial charge < -0.3 is 10.4 Å². The molecule has 1 fully saturated rings. The van der Waals surface area contributed by atoms with Crippen molar-refractivity contribution in [3.63, 3.8) is 0 Å². The molecule has 0 aliphatic heterocycles. The first-order chi connectivity index (χ1) is 10.5. The van der Waals surface area contributed by atoms with Crippen LogP contribution in [0.3, 0.4) is 0 Å². The number of carbonyl (C=O) groups is 1. The number of pyridine rings is 1. The maximum absolute atomic E-state index is 12.4. The van der Waals surface area contributed by atoms with E-state index in [1.165, 1.54) is 12.1 Å². The predicted molar refractivity (Wildman–Crippen MR) is 85.0 cm³/mol. The molecule has 0 spiro atoms. The van der Waals surface area contributed by atoms with Gasteiger partial charge in [0.2, 0.25) is 0 Å². The largest absolute Gasteiger partial charge is 0.506 e. The molecular weight excluding hydrogens is 300 g/mol. The van der Waals surface area contributed by atoms with Gasteiger partial charge in [-0.1, -0.05) is 11.6 Å². The van der Waals surface area contributed by atoms with Crippen LogP contribution in [0.15, 0.2) is 36.5 Å². The van der Waals surface area contributed by atoms with Gasteiger partial charge in [-0.15, -0.1) is 0 Å². The number of phenols is 1. The summed E-state index contributed by atoms with van der Waals surface area (Å²) >= 11 is 5.86. The lowest BCUT2D eigenvalue weighted by Crippen LogP contribution is -2.30. The molecule has 0 saturated heterocycles. The maximum atomic E-state index is 12.4. The topological polar surface area (TPSA) is 62.2 Å². The van der Waals surface area contributed by atoms with E-state index in [1.54, 1.807) is 12.3 Å². The Balaban J connectivity index is 1.82. The number of rotatable bonds is 4. The molecule has 114 valence electrons. The summed E-state index contributed by atoms with van der Waals surface area (Å²) in [6.07, 6.45) is 3.96.